The highest BCUT2D eigenvalue weighted by molar-refractivity contribution is 6.02. The molecule has 1 aromatic carbocycles. The molecular formula is C13H18NO. The summed E-state index contributed by atoms with van der Waals surface area (Å²) in [4.78, 5) is 11.8. The topological polar surface area (TPSA) is 43.1 Å². The van der Waals surface area contributed by atoms with E-state index in [0.29, 0.717) is 6.54 Å². The molecule has 15 heavy (non-hydrogen) atoms. The molecule has 2 N–H and O–H groups in total. The molecule has 81 valence electrons. The summed E-state index contributed by atoms with van der Waals surface area (Å²) >= 11 is 0. The number of hydrogen-bond donors (Lipinski definition) is 1. The minimum atomic E-state index is -0.0797. The largest absolute Gasteiger partial charge is 0.326 e. The third-order valence-electron chi connectivity index (χ3n) is 2.04. The summed E-state index contributed by atoms with van der Waals surface area (Å²) in [5.41, 5.74) is 7.17. The average Bonchev–Trinajstić information content (AvgIpc) is 2.15. The minimum absolute atomic E-state index is 0.0751. The van der Waals surface area contributed by atoms with Gasteiger partial charge in [0.1, 0.15) is 0 Å². The molecule has 0 aliphatic carbocycles. The maximum absolute atomic E-state index is 11.8. The van der Waals surface area contributed by atoms with E-state index < -0.39 is 0 Å². The molecule has 2 nitrogen and oxygen atoms in total. The Morgan fingerprint density at radius 3 is 2.20 bits per heavy atom. The molecule has 1 rings (SSSR count). The standard InChI is InChI=1S/C13H18NO/c1-13(2,3)8-12(15)11-6-4-10(9-14)5-7-11/h4-8H,9,14H2,1-3H3. The SMILES string of the molecule is CC(C)(C)[CH]C(=O)c1ccc(CN)cc1. The van der Waals surface area contributed by atoms with Crippen LogP contribution in [0.2, 0.25) is 0 Å². The van der Waals surface area contributed by atoms with Crippen LogP contribution in [-0.4, -0.2) is 5.78 Å². The van der Waals surface area contributed by atoms with Gasteiger partial charge < -0.3 is 5.73 Å². The Morgan fingerprint density at radius 2 is 1.80 bits per heavy atom. The van der Waals surface area contributed by atoms with Crippen LogP contribution < -0.4 is 5.73 Å². The molecule has 0 bridgehead atoms. The van der Waals surface area contributed by atoms with Crippen molar-refractivity contribution >= 4 is 5.78 Å². The van der Waals surface area contributed by atoms with E-state index in [0.717, 1.165) is 11.1 Å². The zero-order chi connectivity index (χ0) is 11.5. The third kappa shape index (κ3) is 3.84. The lowest BCUT2D eigenvalue weighted by Gasteiger charge is -2.16. The van der Waals surface area contributed by atoms with E-state index in [1.54, 1.807) is 6.42 Å². The molecule has 2 heteroatoms. The summed E-state index contributed by atoms with van der Waals surface area (Å²) in [6.45, 7) is 6.55. The van der Waals surface area contributed by atoms with Gasteiger partial charge in [0.15, 0.2) is 5.78 Å². The van der Waals surface area contributed by atoms with Crippen LogP contribution in [0.25, 0.3) is 0 Å². The second-order valence-corrected chi connectivity index (χ2v) is 4.78. The van der Waals surface area contributed by atoms with Crippen LogP contribution in [0.1, 0.15) is 36.7 Å². The first-order valence-corrected chi connectivity index (χ1v) is 5.11. The van der Waals surface area contributed by atoms with Gasteiger partial charge in [-0.1, -0.05) is 45.0 Å². The van der Waals surface area contributed by atoms with Crippen molar-refractivity contribution in [2.24, 2.45) is 11.1 Å². The highest BCUT2D eigenvalue weighted by Crippen LogP contribution is 2.20. The number of Topliss-reactive ketones (excluding diaryl/α,β-unsaturated/α-hetero) is 1. The van der Waals surface area contributed by atoms with Gasteiger partial charge in [-0.2, -0.15) is 0 Å². The molecule has 1 radical (unpaired) electrons. The van der Waals surface area contributed by atoms with Crippen molar-refractivity contribution in [2.45, 2.75) is 27.3 Å². The molecule has 0 unspecified atom stereocenters. The quantitative estimate of drug-likeness (QED) is 0.769. The summed E-state index contributed by atoms with van der Waals surface area (Å²) in [7, 11) is 0. The Hall–Kier alpha value is -1.15. The van der Waals surface area contributed by atoms with Crippen molar-refractivity contribution in [3.63, 3.8) is 0 Å². The van der Waals surface area contributed by atoms with Crippen LogP contribution in [0.4, 0.5) is 0 Å². The van der Waals surface area contributed by atoms with Gasteiger partial charge in [-0.15, -0.1) is 0 Å². The number of benzene rings is 1. The van der Waals surface area contributed by atoms with Crippen molar-refractivity contribution in [2.75, 3.05) is 0 Å². The van der Waals surface area contributed by atoms with Crippen LogP contribution in [-0.2, 0) is 6.54 Å². The molecule has 0 spiro atoms. The molecule has 0 fully saturated rings. The van der Waals surface area contributed by atoms with Crippen molar-refractivity contribution in [1.82, 2.24) is 0 Å². The highest BCUT2D eigenvalue weighted by Gasteiger charge is 2.17. The smallest absolute Gasteiger partial charge is 0.167 e. The van der Waals surface area contributed by atoms with Gasteiger partial charge in [0.2, 0.25) is 0 Å². The second-order valence-electron chi connectivity index (χ2n) is 4.78. The molecule has 0 saturated heterocycles. The van der Waals surface area contributed by atoms with Crippen molar-refractivity contribution in [3.05, 3.63) is 41.8 Å². The Kier molecular flexibility index (Phi) is 3.64. The highest BCUT2D eigenvalue weighted by atomic mass is 16.1. The summed E-state index contributed by atoms with van der Waals surface area (Å²) in [6.07, 6.45) is 1.74. The van der Waals surface area contributed by atoms with Crippen LogP contribution in [0.15, 0.2) is 24.3 Å². The van der Waals surface area contributed by atoms with E-state index in [2.05, 4.69) is 0 Å². The van der Waals surface area contributed by atoms with Crippen LogP contribution >= 0.6 is 0 Å². The van der Waals surface area contributed by atoms with Gasteiger partial charge >= 0.3 is 0 Å². The Labute approximate surface area is 91.5 Å². The third-order valence-corrected chi connectivity index (χ3v) is 2.04. The van der Waals surface area contributed by atoms with Gasteiger partial charge in [-0.05, 0) is 11.0 Å². The Bertz CT molecular complexity index is 333. The van der Waals surface area contributed by atoms with E-state index in [-0.39, 0.29) is 11.2 Å². The fraction of sp³-hybridized carbons (Fsp3) is 0.385. The average molecular weight is 204 g/mol. The van der Waals surface area contributed by atoms with Crippen LogP contribution in [0.3, 0.4) is 0 Å². The summed E-state index contributed by atoms with van der Waals surface area (Å²) in [6, 6.07) is 7.44. The van der Waals surface area contributed by atoms with Gasteiger partial charge in [0.05, 0.1) is 0 Å². The van der Waals surface area contributed by atoms with Gasteiger partial charge in [-0.25, -0.2) is 0 Å². The van der Waals surface area contributed by atoms with E-state index >= 15 is 0 Å². The maximum Gasteiger partial charge on any atom is 0.167 e. The maximum atomic E-state index is 11.8. The molecule has 0 aliphatic heterocycles. The number of ketones is 1. The molecule has 0 atom stereocenters. The molecule has 0 amide bonds. The number of nitrogens with two attached hydrogens (primary N) is 1. The Balaban J connectivity index is 2.75. The van der Waals surface area contributed by atoms with Crippen molar-refractivity contribution < 1.29 is 4.79 Å². The molecule has 0 saturated carbocycles. The lowest BCUT2D eigenvalue weighted by atomic mass is 9.88. The van der Waals surface area contributed by atoms with Crippen molar-refractivity contribution in [1.29, 1.82) is 0 Å². The number of rotatable bonds is 3. The van der Waals surface area contributed by atoms with Gasteiger partial charge in [-0.3, -0.25) is 4.79 Å². The summed E-state index contributed by atoms with van der Waals surface area (Å²) in [5.74, 6) is 0.0751. The molecule has 0 heterocycles. The fourth-order valence-corrected chi connectivity index (χ4v) is 1.28. The zero-order valence-corrected chi connectivity index (χ0v) is 9.58. The molecule has 1 aromatic rings. The predicted octanol–water partition coefficient (Wildman–Crippen LogP) is 2.58. The van der Waals surface area contributed by atoms with Crippen LogP contribution in [0, 0.1) is 11.8 Å². The normalized spacial score (nSPS) is 11.5. The number of carbonyl (C=O) groups excluding carboxylic acids is 1. The van der Waals surface area contributed by atoms with E-state index in [1.807, 2.05) is 45.0 Å². The summed E-state index contributed by atoms with van der Waals surface area (Å²) < 4.78 is 0. The Morgan fingerprint density at radius 1 is 1.27 bits per heavy atom. The first kappa shape index (κ1) is 11.9. The van der Waals surface area contributed by atoms with E-state index in [9.17, 15) is 4.79 Å². The van der Waals surface area contributed by atoms with E-state index in [1.165, 1.54) is 0 Å². The first-order valence-electron chi connectivity index (χ1n) is 5.11. The fourth-order valence-electron chi connectivity index (χ4n) is 1.28. The molecular weight excluding hydrogens is 186 g/mol. The predicted molar refractivity (Wildman–Crippen MR) is 62.4 cm³/mol. The molecule has 0 aromatic heterocycles. The van der Waals surface area contributed by atoms with Crippen molar-refractivity contribution in [3.8, 4) is 0 Å². The minimum Gasteiger partial charge on any atom is -0.326 e. The van der Waals surface area contributed by atoms with Crippen LogP contribution in [0.5, 0.6) is 0 Å². The van der Waals surface area contributed by atoms with Gasteiger partial charge in [0.25, 0.3) is 0 Å². The van der Waals surface area contributed by atoms with E-state index in [4.69, 9.17) is 5.73 Å². The zero-order valence-electron chi connectivity index (χ0n) is 9.58. The second kappa shape index (κ2) is 4.58. The first-order chi connectivity index (χ1) is 6.92. The number of hydrogen-bond acceptors (Lipinski definition) is 2. The molecule has 0 aliphatic rings. The lowest BCUT2D eigenvalue weighted by Crippen LogP contribution is -2.14. The van der Waals surface area contributed by atoms with Gasteiger partial charge in [0, 0.05) is 18.5 Å². The number of carbonyl (C=O) groups is 1. The lowest BCUT2D eigenvalue weighted by molar-refractivity contribution is 0.100. The summed E-state index contributed by atoms with van der Waals surface area (Å²) in [5, 5.41) is 0. The monoisotopic (exact) mass is 204 g/mol.